The third-order valence-electron chi connectivity index (χ3n) is 2.29. The van der Waals surface area contributed by atoms with Gasteiger partial charge in [-0.15, -0.1) is 11.3 Å². The molecule has 0 aliphatic carbocycles. The zero-order valence-electron chi connectivity index (χ0n) is 9.06. The smallest absolute Gasteiger partial charge is 0.0502 e. The first-order chi connectivity index (χ1) is 8.06. The maximum atomic E-state index is 5.96. The van der Waals surface area contributed by atoms with Crippen molar-refractivity contribution in [2.75, 3.05) is 5.32 Å². The number of nitrogens with one attached hydrogen (secondary N) is 1. The van der Waals surface area contributed by atoms with Gasteiger partial charge >= 0.3 is 0 Å². The van der Waals surface area contributed by atoms with Crippen LogP contribution in [0.2, 0.25) is 5.02 Å². The summed E-state index contributed by atoms with van der Waals surface area (Å²) in [6, 6.07) is 7.87. The second kappa shape index (κ2) is 5.74. The maximum Gasteiger partial charge on any atom is 0.0502 e. The monoisotopic (exact) mass is 393 g/mol. The molecule has 0 aliphatic rings. The molecule has 0 aliphatic heterocycles. The standard InChI is InChI=1S/C12H10Br2ClNS/c1-7-11(14)5-9(17-7)6-16-12-4-8(15)2-3-10(12)13/h2-5,16H,6H2,1H3. The van der Waals surface area contributed by atoms with Gasteiger partial charge in [-0.05, 0) is 63.0 Å². The van der Waals surface area contributed by atoms with E-state index < -0.39 is 0 Å². The van der Waals surface area contributed by atoms with Gasteiger partial charge in [-0.1, -0.05) is 11.6 Å². The Morgan fingerprint density at radius 2 is 2.00 bits per heavy atom. The minimum Gasteiger partial charge on any atom is -0.379 e. The number of halogens is 3. The molecule has 0 amide bonds. The fraction of sp³-hybridized carbons (Fsp3) is 0.167. The minimum atomic E-state index is 0.735. The van der Waals surface area contributed by atoms with Crippen LogP contribution in [0.4, 0.5) is 5.69 Å². The normalized spacial score (nSPS) is 10.6. The summed E-state index contributed by atoms with van der Waals surface area (Å²) >= 11 is 14.8. The quantitative estimate of drug-likeness (QED) is 0.688. The summed E-state index contributed by atoms with van der Waals surface area (Å²) < 4.78 is 2.19. The number of hydrogen-bond acceptors (Lipinski definition) is 2. The lowest BCUT2D eigenvalue weighted by molar-refractivity contribution is 1.19. The van der Waals surface area contributed by atoms with Gasteiger partial charge in [-0.25, -0.2) is 0 Å². The minimum absolute atomic E-state index is 0.735. The van der Waals surface area contributed by atoms with Crippen LogP contribution in [0, 0.1) is 6.92 Å². The first-order valence-electron chi connectivity index (χ1n) is 5.00. The molecule has 0 bridgehead atoms. The summed E-state index contributed by atoms with van der Waals surface area (Å²) in [6.07, 6.45) is 0. The average Bonchev–Trinajstić information content (AvgIpc) is 2.60. The fourth-order valence-corrected chi connectivity index (χ4v) is 3.52. The number of aryl methyl sites for hydroxylation is 1. The molecular formula is C12H10Br2ClNS. The van der Waals surface area contributed by atoms with Crippen molar-refractivity contribution >= 4 is 60.5 Å². The Morgan fingerprint density at radius 1 is 1.24 bits per heavy atom. The predicted molar refractivity (Wildman–Crippen MR) is 83.2 cm³/mol. The fourth-order valence-electron chi connectivity index (χ4n) is 1.42. The predicted octanol–water partition coefficient (Wildman–Crippen LogP) is 5.85. The van der Waals surface area contributed by atoms with Gasteiger partial charge in [0, 0.05) is 30.3 Å². The molecule has 0 saturated carbocycles. The maximum absolute atomic E-state index is 5.96. The molecule has 1 nitrogen and oxygen atoms in total. The van der Waals surface area contributed by atoms with Gasteiger partial charge in [-0.3, -0.25) is 0 Å². The molecule has 1 aromatic carbocycles. The van der Waals surface area contributed by atoms with Gasteiger partial charge in [-0.2, -0.15) is 0 Å². The zero-order chi connectivity index (χ0) is 12.4. The molecule has 2 rings (SSSR count). The summed E-state index contributed by atoms with van der Waals surface area (Å²) in [5.41, 5.74) is 1.01. The van der Waals surface area contributed by atoms with Gasteiger partial charge in [0.2, 0.25) is 0 Å². The van der Waals surface area contributed by atoms with E-state index in [0.717, 1.165) is 21.7 Å². The highest BCUT2D eigenvalue weighted by atomic mass is 79.9. The molecule has 2 aromatic rings. The van der Waals surface area contributed by atoms with Crippen LogP contribution in [-0.4, -0.2) is 0 Å². The van der Waals surface area contributed by atoms with Crippen LogP contribution in [0.3, 0.4) is 0 Å². The van der Waals surface area contributed by atoms with E-state index in [1.54, 1.807) is 11.3 Å². The molecule has 0 fully saturated rings. The van der Waals surface area contributed by atoms with E-state index in [1.807, 2.05) is 18.2 Å². The van der Waals surface area contributed by atoms with Crippen LogP contribution in [0.25, 0.3) is 0 Å². The Morgan fingerprint density at radius 3 is 2.65 bits per heavy atom. The van der Waals surface area contributed by atoms with Gasteiger partial charge < -0.3 is 5.32 Å². The molecule has 0 saturated heterocycles. The van der Waals surface area contributed by atoms with E-state index in [-0.39, 0.29) is 0 Å². The molecule has 1 N–H and O–H groups in total. The van der Waals surface area contributed by atoms with Crippen molar-refractivity contribution < 1.29 is 0 Å². The van der Waals surface area contributed by atoms with Gasteiger partial charge in [0.05, 0.1) is 5.69 Å². The Labute approximate surface area is 126 Å². The molecule has 0 unspecified atom stereocenters. The van der Waals surface area contributed by atoms with Gasteiger partial charge in [0.1, 0.15) is 0 Å². The Bertz CT molecular complexity index is 520. The lowest BCUT2D eigenvalue weighted by atomic mass is 10.3. The van der Waals surface area contributed by atoms with Crippen LogP contribution in [-0.2, 0) is 6.54 Å². The third kappa shape index (κ3) is 3.47. The summed E-state index contributed by atoms with van der Waals surface area (Å²) in [7, 11) is 0. The van der Waals surface area contributed by atoms with Crippen molar-refractivity contribution in [2.45, 2.75) is 13.5 Å². The highest BCUT2D eigenvalue weighted by molar-refractivity contribution is 9.11. The molecule has 0 atom stereocenters. The number of rotatable bonds is 3. The van der Waals surface area contributed by atoms with Gasteiger partial charge in [0.25, 0.3) is 0 Å². The molecule has 17 heavy (non-hydrogen) atoms. The SMILES string of the molecule is Cc1sc(CNc2cc(Cl)ccc2Br)cc1Br. The van der Waals surface area contributed by atoms with Crippen LogP contribution >= 0.6 is 54.8 Å². The van der Waals surface area contributed by atoms with E-state index in [1.165, 1.54) is 14.2 Å². The molecule has 5 heteroatoms. The first-order valence-corrected chi connectivity index (χ1v) is 7.78. The van der Waals surface area contributed by atoms with E-state index in [4.69, 9.17) is 11.6 Å². The molecular weight excluding hydrogens is 385 g/mol. The van der Waals surface area contributed by atoms with Crippen LogP contribution < -0.4 is 5.32 Å². The summed E-state index contributed by atoms with van der Waals surface area (Å²) in [5.74, 6) is 0. The largest absolute Gasteiger partial charge is 0.379 e. The summed E-state index contributed by atoms with van der Waals surface area (Å²) in [6.45, 7) is 2.91. The Hall–Kier alpha value is -0.0300. The number of benzene rings is 1. The Kier molecular flexibility index (Phi) is 4.53. The highest BCUT2D eigenvalue weighted by Crippen LogP contribution is 2.29. The summed E-state index contributed by atoms with van der Waals surface area (Å²) in [5, 5.41) is 4.10. The second-order valence-electron chi connectivity index (χ2n) is 3.59. The molecule has 0 spiro atoms. The van der Waals surface area contributed by atoms with Crippen molar-refractivity contribution in [3.8, 4) is 0 Å². The number of anilines is 1. The van der Waals surface area contributed by atoms with Crippen molar-refractivity contribution in [3.05, 3.63) is 48.0 Å². The van der Waals surface area contributed by atoms with Crippen molar-refractivity contribution in [1.82, 2.24) is 0 Å². The van der Waals surface area contributed by atoms with Crippen LogP contribution in [0.5, 0.6) is 0 Å². The average molecular weight is 396 g/mol. The van der Waals surface area contributed by atoms with Crippen molar-refractivity contribution in [2.24, 2.45) is 0 Å². The molecule has 1 aromatic heterocycles. The molecule has 1 heterocycles. The lowest BCUT2D eigenvalue weighted by Gasteiger charge is -2.07. The van der Waals surface area contributed by atoms with E-state index in [0.29, 0.717) is 0 Å². The van der Waals surface area contributed by atoms with E-state index >= 15 is 0 Å². The van der Waals surface area contributed by atoms with E-state index in [9.17, 15) is 0 Å². The van der Waals surface area contributed by atoms with E-state index in [2.05, 4.69) is 50.2 Å². The van der Waals surface area contributed by atoms with Crippen molar-refractivity contribution in [1.29, 1.82) is 0 Å². The summed E-state index contributed by atoms with van der Waals surface area (Å²) in [4.78, 5) is 2.59. The third-order valence-corrected chi connectivity index (χ3v) is 5.35. The Balaban J connectivity index is 2.09. The topological polar surface area (TPSA) is 12.0 Å². The second-order valence-corrected chi connectivity index (χ2v) is 7.08. The van der Waals surface area contributed by atoms with Gasteiger partial charge in [0.15, 0.2) is 0 Å². The highest BCUT2D eigenvalue weighted by Gasteiger charge is 2.04. The van der Waals surface area contributed by atoms with Crippen molar-refractivity contribution in [3.63, 3.8) is 0 Å². The lowest BCUT2D eigenvalue weighted by Crippen LogP contribution is -1.97. The van der Waals surface area contributed by atoms with Crippen LogP contribution in [0.15, 0.2) is 33.2 Å². The number of thiophene rings is 1. The molecule has 90 valence electrons. The molecule has 0 radical (unpaired) electrons. The first kappa shape index (κ1) is 13.4. The van der Waals surface area contributed by atoms with Crippen LogP contribution in [0.1, 0.15) is 9.75 Å². The number of hydrogen-bond donors (Lipinski definition) is 1. The zero-order valence-corrected chi connectivity index (χ0v) is 13.8.